The molecule has 0 atom stereocenters. The van der Waals surface area contributed by atoms with Crippen LogP contribution >= 0.6 is 11.8 Å². The number of benzene rings is 1. The quantitative estimate of drug-likeness (QED) is 0.502. The van der Waals surface area contributed by atoms with Crippen molar-refractivity contribution in [2.24, 2.45) is 0 Å². The first-order valence-corrected chi connectivity index (χ1v) is 9.78. The Bertz CT molecular complexity index is 1140. The molecule has 0 radical (unpaired) electrons. The molecule has 0 saturated heterocycles. The van der Waals surface area contributed by atoms with Gasteiger partial charge in [0.05, 0.1) is 12.1 Å². The number of pyridine rings is 1. The van der Waals surface area contributed by atoms with E-state index in [1.807, 2.05) is 47.0 Å². The predicted molar refractivity (Wildman–Crippen MR) is 105 cm³/mol. The number of carbonyl (C=O) groups is 1. The van der Waals surface area contributed by atoms with Crippen LogP contribution < -0.4 is 5.32 Å². The van der Waals surface area contributed by atoms with Gasteiger partial charge in [0, 0.05) is 16.7 Å². The number of rotatable bonds is 6. The fraction of sp³-hybridized carbons (Fsp3) is 0.211. The lowest BCUT2D eigenvalue weighted by Crippen LogP contribution is -2.24. The van der Waals surface area contributed by atoms with Crippen molar-refractivity contribution in [3.63, 3.8) is 0 Å². The molecule has 1 N–H and O–H groups in total. The molecule has 0 unspecified atom stereocenters. The molecule has 0 spiro atoms. The average molecular weight is 394 g/mol. The van der Waals surface area contributed by atoms with E-state index in [9.17, 15) is 4.79 Å². The lowest BCUT2D eigenvalue weighted by Gasteiger charge is -2.08. The molecule has 4 aromatic rings. The van der Waals surface area contributed by atoms with Gasteiger partial charge >= 0.3 is 0 Å². The van der Waals surface area contributed by atoms with Crippen molar-refractivity contribution in [2.45, 2.75) is 25.3 Å². The van der Waals surface area contributed by atoms with Crippen molar-refractivity contribution >= 4 is 23.3 Å². The number of nitrogens with one attached hydrogen (secondary N) is 1. The van der Waals surface area contributed by atoms with Crippen LogP contribution in [0.1, 0.15) is 28.9 Å². The molecule has 0 fully saturated rings. The summed E-state index contributed by atoms with van der Waals surface area (Å²) < 4.78 is 7.01. The Morgan fingerprint density at radius 3 is 2.89 bits per heavy atom. The van der Waals surface area contributed by atoms with Crippen LogP contribution in [0.15, 0.2) is 52.0 Å². The van der Waals surface area contributed by atoms with E-state index < -0.39 is 0 Å². The zero-order valence-electron chi connectivity index (χ0n) is 15.4. The number of hydrogen-bond donors (Lipinski definition) is 1. The monoisotopic (exact) mass is 394 g/mol. The fourth-order valence-electron chi connectivity index (χ4n) is 2.80. The number of hydrogen-bond acceptors (Lipinski definition) is 7. The SMILES string of the molecule is CCSc1ccccc1C(=O)NCc1nnc2cc(-c3nc(C)no3)ccn12. The van der Waals surface area contributed by atoms with Crippen molar-refractivity contribution in [1.82, 2.24) is 30.1 Å². The summed E-state index contributed by atoms with van der Waals surface area (Å²) in [6.07, 6.45) is 1.83. The Morgan fingerprint density at radius 1 is 1.25 bits per heavy atom. The molecule has 142 valence electrons. The first-order valence-electron chi connectivity index (χ1n) is 8.80. The number of thioether (sulfide) groups is 1. The van der Waals surface area contributed by atoms with E-state index in [0.29, 0.717) is 28.8 Å². The third-order valence-corrected chi connectivity index (χ3v) is 5.05. The Morgan fingerprint density at radius 2 is 2.11 bits per heavy atom. The van der Waals surface area contributed by atoms with Crippen LogP contribution in [0, 0.1) is 6.92 Å². The first kappa shape index (κ1) is 18.2. The molecule has 9 heteroatoms. The summed E-state index contributed by atoms with van der Waals surface area (Å²) in [5.74, 6) is 2.41. The molecule has 3 aromatic heterocycles. The van der Waals surface area contributed by atoms with Gasteiger partial charge < -0.3 is 9.84 Å². The van der Waals surface area contributed by atoms with Crippen LogP contribution in [-0.4, -0.2) is 36.4 Å². The van der Waals surface area contributed by atoms with Crippen molar-refractivity contribution in [2.75, 3.05) is 5.75 Å². The van der Waals surface area contributed by atoms with Crippen LogP contribution in [-0.2, 0) is 6.54 Å². The highest BCUT2D eigenvalue weighted by Crippen LogP contribution is 2.22. The molecule has 28 heavy (non-hydrogen) atoms. The van der Waals surface area contributed by atoms with Gasteiger partial charge in [-0.15, -0.1) is 22.0 Å². The highest BCUT2D eigenvalue weighted by molar-refractivity contribution is 7.99. The van der Waals surface area contributed by atoms with Crippen molar-refractivity contribution in [3.8, 4) is 11.5 Å². The standard InChI is InChI=1S/C19H18N6O2S/c1-3-28-15-7-5-4-6-14(15)18(26)20-11-17-23-22-16-10-13(8-9-25(16)17)19-21-12(2)24-27-19/h4-10H,3,11H2,1-2H3,(H,20,26). The Kier molecular flexibility index (Phi) is 5.07. The van der Waals surface area contributed by atoms with Gasteiger partial charge in [-0.25, -0.2) is 0 Å². The normalized spacial score (nSPS) is 11.1. The van der Waals surface area contributed by atoms with Crippen molar-refractivity contribution < 1.29 is 9.32 Å². The minimum absolute atomic E-state index is 0.133. The van der Waals surface area contributed by atoms with Crippen LogP contribution in [0.25, 0.3) is 17.1 Å². The zero-order valence-corrected chi connectivity index (χ0v) is 16.2. The highest BCUT2D eigenvalue weighted by Gasteiger charge is 2.14. The van der Waals surface area contributed by atoms with E-state index in [-0.39, 0.29) is 12.5 Å². The smallest absolute Gasteiger partial charge is 0.258 e. The maximum atomic E-state index is 12.6. The first-order chi connectivity index (χ1) is 13.7. The molecule has 0 aliphatic carbocycles. The topological polar surface area (TPSA) is 98.2 Å². The summed E-state index contributed by atoms with van der Waals surface area (Å²) in [5, 5.41) is 15.1. The second-order valence-corrected chi connectivity index (χ2v) is 7.32. The lowest BCUT2D eigenvalue weighted by molar-refractivity contribution is 0.0947. The minimum atomic E-state index is -0.133. The van der Waals surface area contributed by atoms with Crippen LogP contribution in [0.2, 0.25) is 0 Å². The Labute approximate surface area is 165 Å². The zero-order chi connectivity index (χ0) is 19.5. The van der Waals surface area contributed by atoms with Gasteiger partial charge in [-0.1, -0.05) is 24.2 Å². The van der Waals surface area contributed by atoms with E-state index >= 15 is 0 Å². The van der Waals surface area contributed by atoms with Gasteiger partial charge in [0.25, 0.3) is 11.8 Å². The van der Waals surface area contributed by atoms with E-state index in [2.05, 4.69) is 32.6 Å². The third kappa shape index (κ3) is 3.61. The molecule has 4 rings (SSSR count). The number of carbonyl (C=O) groups excluding carboxylic acids is 1. The average Bonchev–Trinajstić information content (AvgIpc) is 3.32. The lowest BCUT2D eigenvalue weighted by atomic mass is 10.2. The number of nitrogens with zero attached hydrogens (tertiary/aromatic N) is 5. The van der Waals surface area contributed by atoms with Crippen molar-refractivity contribution in [3.05, 3.63) is 59.8 Å². The molecule has 8 nitrogen and oxygen atoms in total. The molecular weight excluding hydrogens is 376 g/mol. The molecule has 0 aliphatic heterocycles. The van der Waals surface area contributed by atoms with Crippen LogP contribution in [0.3, 0.4) is 0 Å². The molecule has 0 bridgehead atoms. The second-order valence-electron chi connectivity index (χ2n) is 6.02. The Hall–Kier alpha value is -3.20. The molecule has 1 amide bonds. The van der Waals surface area contributed by atoms with Crippen LogP contribution in [0.4, 0.5) is 0 Å². The Balaban J connectivity index is 1.52. The number of amides is 1. The number of aryl methyl sites for hydroxylation is 1. The summed E-state index contributed by atoms with van der Waals surface area (Å²) in [4.78, 5) is 17.8. The van der Waals surface area contributed by atoms with E-state index in [1.165, 1.54) is 0 Å². The molecule has 1 aromatic carbocycles. The highest BCUT2D eigenvalue weighted by atomic mass is 32.2. The molecular formula is C19H18N6O2S. The van der Waals surface area contributed by atoms with Gasteiger partial charge in [-0.2, -0.15) is 4.98 Å². The molecule has 0 saturated carbocycles. The summed E-state index contributed by atoms with van der Waals surface area (Å²) in [6.45, 7) is 4.09. The fourth-order valence-corrected chi connectivity index (χ4v) is 3.60. The second kappa shape index (κ2) is 7.81. The maximum absolute atomic E-state index is 12.6. The van der Waals surface area contributed by atoms with Gasteiger partial charge in [0.2, 0.25) is 0 Å². The maximum Gasteiger partial charge on any atom is 0.258 e. The van der Waals surface area contributed by atoms with Gasteiger partial charge in [-0.05, 0) is 36.9 Å². The molecule has 3 heterocycles. The van der Waals surface area contributed by atoms with Gasteiger partial charge in [-0.3, -0.25) is 9.20 Å². The summed E-state index contributed by atoms with van der Waals surface area (Å²) >= 11 is 1.64. The molecule has 0 aliphatic rings. The summed E-state index contributed by atoms with van der Waals surface area (Å²) in [5.41, 5.74) is 2.07. The van der Waals surface area contributed by atoms with E-state index in [1.54, 1.807) is 18.7 Å². The number of aromatic nitrogens is 5. The van der Waals surface area contributed by atoms with Crippen LogP contribution in [0.5, 0.6) is 0 Å². The van der Waals surface area contributed by atoms with Gasteiger partial charge in [0.1, 0.15) is 0 Å². The minimum Gasteiger partial charge on any atom is -0.345 e. The van der Waals surface area contributed by atoms with Crippen molar-refractivity contribution in [1.29, 1.82) is 0 Å². The third-order valence-electron chi connectivity index (χ3n) is 4.09. The summed E-state index contributed by atoms with van der Waals surface area (Å²) in [6, 6.07) is 11.2. The summed E-state index contributed by atoms with van der Waals surface area (Å²) in [7, 11) is 0. The largest absolute Gasteiger partial charge is 0.345 e. The van der Waals surface area contributed by atoms with E-state index in [4.69, 9.17) is 4.52 Å². The number of fused-ring (bicyclic) bond motifs is 1. The van der Waals surface area contributed by atoms with Gasteiger partial charge in [0.15, 0.2) is 17.3 Å². The van der Waals surface area contributed by atoms with E-state index in [0.717, 1.165) is 16.2 Å². The predicted octanol–water partition coefficient (Wildman–Crippen LogP) is 3.13.